The first-order chi connectivity index (χ1) is 8.50. The summed E-state index contributed by atoms with van der Waals surface area (Å²) in [6.45, 7) is 1.92. The van der Waals surface area contributed by atoms with Crippen molar-refractivity contribution < 1.29 is 0 Å². The van der Waals surface area contributed by atoms with Gasteiger partial charge in [0.05, 0.1) is 21.4 Å². The Bertz CT molecular complexity index is 602. The number of aryl methyl sites for hydroxylation is 1. The van der Waals surface area contributed by atoms with E-state index in [1.807, 2.05) is 25.1 Å². The molecule has 0 saturated heterocycles. The lowest BCUT2D eigenvalue weighted by molar-refractivity contribution is 1.28. The van der Waals surface area contributed by atoms with Crippen molar-refractivity contribution in [1.29, 1.82) is 0 Å². The fraction of sp³-hybridized carbons (Fsp3) is 0.0833. The van der Waals surface area contributed by atoms with E-state index in [1.54, 1.807) is 6.20 Å². The van der Waals surface area contributed by atoms with Crippen LogP contribution in [-0.2, 0) is 0 Å². The second-order valence-electron chi connectivity index (χ2n) is 3.74. The standard InChI is InChI=1S/C12H10BrCl2N3/c1-6-4-5-17-12(11(6)16)18-8-3-2-7(13)9(14)10(8)15/h2-5H,16H2,1H3,(H,17,18). The van der Waals surface area contributed by atoms with Crippen LogP contribution in [0.5, 0.6) is 0 Å². The van der Waals surface area contributed by atoms with Crippen molar-refractivity contribution >= 4 is 56.3 Å². The maximum atomic E-state index is 6.15. The van der Waals surface area contributed by atoms with Crippen molar-refractivity contribution in [2.45, 2.75) is 6.92 Å². The number of hydrogen-bond acceptors (Lipinski definition) is 3. The molecule has 0 fully saturated rings. The molecule has 94 valence electrons. The van der Waals surface area contributed by atoms with Crippen LogP contribution in [-0.4, -0.2) is 4.98 Å². The first kappa shape index (κ1) is 13.5. The molecular weight excluding hydrogens is 337 g/mol. The van der Waals surface area contributed by atoms with Gasteiger partial charge in [-0.3, -0.25) is 0 Å². The van der Waals surface area contributed by atoms with Crippen LogP contribution in [0.1, 0.15) is 5.56 Å². The van der Waals surface area contributed by atoms with Gasteiger partial charge in [0.25, 0.3) is 0 Å². The highest BCUT2D eigenvalue weighted by atomic mass is 79.9. The number of aromatic nitrogens is 1. The highest BCUT2D eigenvalue weighted by Gasteiger charge is 2.10. The van der Waals surface area contributed by atoms with Crippen LogP contribution in [0, 0.1) is 6.92 Å². The normalized spacial score (nSPS) is 10.4. The van der Waals surface area contributed by atoms with Crippen LogP contribution >= 0.6 is 39.1 Å². The zero-order valence-electron chi connectivity index (χ0n) is 9.47. The average Bonchev–Trinajstić information content (AvgIpc) is 2.35. The number of nitrogens with two attached hydrogens (primary N) is 1. The van der Waals surface area contributed by atoms with Crippen LogP contribution in [0.3, 0.4) is 0 Å². The van der Waals surface area contributed by atoms with Crippen molar-refractivity contribution in [3.63, 3.8) is 0 Å². The molecular formula is C12H10BrCl2N3. The Hall–Kier alpha value is -0.970. The fourth-order valence-electron chi connectivity index (χ4n) is 1.42. The number of halogens is 3. The summed E-state index contributed by atoms with van der Waals surface area (Å²) in [7, 11) is 0. The molecule has 0 radical (unpaired) electrons. The largest absolute Gasteiger partial charge is 0.396 e. The van der Waals surface area contributed by atoms with Crippen LogP contribution in [0.25, 0.3) is 0 Å². The maximum Gasteiger partial charge on any atom is 0.153 e. The lowest BCUT2D eigenvalue weighted by Crippen LogP contribution is -2.01. The number of rotatable bonds is 2. The summed E-state index contributed by atoms with van der Waals surface area (Å²) in [4.78, 5) is 4.18. The second-order valence-corrected chi connectivity index (χ2v) is 5.35. The number of nitrogens with zero attached hydrogens (tertiary/aromatic N) is 1. The van der Waals surface area contributed by atoms with Crippen LogP contribution in [0.4, 0.5) is 17.2 Å². The smallest absolute Gasteiger partial charge is 0.153 e. The summed E-state index contributed by atoms with van der Waals surface area (Å²) in [6.07, 6.45) is 1.68. The molecule has 1 aromatic carbocycles. The SMILES string of the molecule is Cc1ccnc(Nc2ccc(Br)c(Cl)c2Cl)c1N. The molecule has 2 aromatic rings. The summed E-state index contributed by atoms with van der Waals surface area (Å²) in [5, 5.41) is 3.95. The minimum atomic E-state index is 0.425. The van der Waals surface area contributed by atoms with Crippen LogP contribution in [0.2, 0.25) is 10.0 Å². The van der Waals surface area contributed by atoms with Gasteiger partial charge in [0, 0.05) is 10.7 Å². The van der Waals surface area contributed by atoms with E-state index in [1.165, 1.54) is 0 Å². The maximum absolute atomic E-state index is 6.15. The molecule has 0 unspecified atom stereocenters. The van der Waals surface area contributed by atoms with Gasteiger partial charge in [-0.05, 0) is 46.6 Å². The van der Waals surface area contributed by atoms with E-state index in [4.69, 9.17) is 28.9 Å². The van der Waals surface area contributed by atoms with Gasteiger partial charge in [0.1, 0.15) is 0 Å². The van der Waals surface area contributed by atoms with Crippen molar-refractivity contribution in [2.75, 3.05) is 11.1 Å². The Kier molecular flexibility index (Phi) is 4.00. The van der Waals surface area contributed by atoms with Gasteiger partial charge in [0.2, 0.25) is 0 Å². The van der Waals surface area contributed by atoms with Gasteiger partial charge in [-0.15, -0.1) is 0 Å². The Balaban J connectivity index is 2.41. The fourth-order valence-corrected chi connectivity index (χ4v) is 2.24. The van der Waals surface area contributed by atoms with Crippen LogP contribution in [0.15, 0.2) is 28.9 Å². The van der Waals surface area contributed by atoms with Crippen molar-refractivity contribution in [2.24, 2.45) is 0 Å². The van der Waals surface area contributed by atoms with E-state index >= 15 is 0 Å². The van der Waals surface area contributed by atoms with E-state index in [9.17, 15) is 0 Å². The predicted molar refractivity (Wildman–Crippen MR) is 80.8 cm³/mol. The van der Waals surface area contributed by atoms with Gasteiger partial charge in [0.15, 0.2) is 5.82 Å². The molecule has 18 heavy (non-hydrogen) atoms. The Labute approximate surface area is 123 Å². The van der Waals surface area contributed by atoms with Crippen molar-refractivity contribution in [1.82, 2.24) is 4.98 Å². The molecule has 1 aromatic heterocycles. The number of anilines is 3. The summed E-state index contributed by atoms with van der Waals surface area (Å²) in [5.74, 6) is 0.565. The van der Waals surface area contributed by atoms with Gasteiger partial charge in [-0.1, -0.05) is 23.2 Å². The molecule has 0 atom stereocenters. The third-order valence-corrected chi connectivity index (χ3v) is 4.27. The number of nitrogens with one attached hydrogen (secondary N) is 1. The monoisotopic (exact) mass is 345 g/mol. The molecule has 0 amide bonds. The van der Waals surface area contributed by atoms with Gasteiger partial charge in [-0.2, -0.15) is 0 Å². The minimum absolute atomic E-state index is 0.425. The third kappa shape index (κ3) is 2.55. The minimum Gasteiger partial charge on any atom is -0.396 e. The molecule has 0 spiro atoms. The summed E-state index contributed by atoms with van der Waals surface area (Å²) in [5.41, 5.74) is 8.14. The van der Waals surface area contributed by atoms with Crippen LogP contribution < -0.4 is 11.1 Å². The number of pyridine rings is 1. The van der Waals surface area contributed by atoms with Crippen molar-refractivity contribution in [3.8, 4) is 0 Å². The molecule has 0 aliphatic carbocycles. The molecule has 6 heteroatoms. The average molecular weight is 347 g/mol. The molecule has 3 nitrogen and oxygen atoms in total. The molecule has 0 aliphatic heterocycles. The molecule has 0 bridgehead atoms. The molecule has 3 N–H and O–H groups in total. The van der Waals surface area contributed by atoms with E-state index in [0.29, 0.717) is 27.2 Å². The van der Waals surface area contributed by atoms with Gasteiger partial charge < -0.3 is 11.1 Å². The van der Waals surface area contributed by atoms with E-state index in [2.05, 4.69) is 26.2 Å². The summed E-state index contributed by atoms with van der Waals surface area (Å²) >= 11 is 15.5. The quantitative estimate of drug-likeness (QED) is 0.769. The number of hydrogen-bond donors (Lipinski definition) is 2. The molecule has 0 aliphatic rings. The Morgan fingerprint density at radius 3 is 2.67 bits per heavy atom. The number of benzene rings is 1. The van der Waals surface area contributed by atoms with E-state index in [-0.39, 0.29) is 0 Å². The summed E-state index contributed by atoms with van der Waals surface area (Å²) < 4.78 is 0.741. The van der Waals surface area contributed by atoms with Gasteiger partial charge >= 0.3 is 0 Å². The third-order valence-electron chi connectivity index (χ3n) is 2.50. The van der Waals surface area contributed by atoms with Gasteiger partial charge in [-0.25, -0.2) is 4.98 Å². The lowest BCUT2D eigenvalue weighted by Gasteiger charge is -2.12. The highest BCUT2D eigenvalue weighted by Crippen LogP contribution is 2.37. The lowest BCUT2D eigenvalue weighted by atomic mass is 10.2. The molecule has 2 rings (SSSR count). The Morgan fingerprint density at radius 1 is 1.22 bits per heavy atom. The first-order valence-electron chi connectivity index (χ1n) is 5.12. The van der Waals surface area contributed by atoms with E-state index < -0.39 is 0 Å². The highest BCUT2D eigenvalue weighted by molar-refractivity contribution is 9.10. The zero-order chi connectivity index (χ0) is 13.3. The van der Waals surface area contributed by atoms with Crippen molar-refractivity contribution in [3.05, 3.63) is 44.5 Å². The molecule has 1 heterocycles. The second kappa shape index (κ2) is 5.34. The number of nitrogen functional groups attached to an aromatic ring is 1. The Morgan fingerprint density at radius 2 is 1.94 bits per heavy atom. The topological polar surface area (TPSA) is 50.9 Å². The first-order valence-corrected chi connectivity index (χ1v) is 6.67. The van der Waals surface area contributed by atoms with E-state index in [0.717, 1.165) is 10.0 Å². The molecule has 0 saturated carbocycles. The zero-order valence-corrected chi connectivity index (χ0v) is 12.6. The predicted octanol–water partition coefficient (Wildman–Crippen LogP) is 4.79. The summed E-state index contributed by atoms with van der Waals surface area (Å²) in [6, 6.07) is 5.46.